The molecule has 0 radical (unpaired) electrons. The highest BCUT2D eigenvalue weighted by molar-refractivity contribution is 5.97. The van der Waals surface area contributed by atoms with Crippen LogP contribution in [0.2, 0.25) is 0 Å². The monoisotopic (exact) mass is 272 g/mol. The third-order valence-corrected chi connectivity index (χ3v) is 3.20. The summed E-state index contributed by atoms with van der Waals surface area (Å²) < 4.78 is 6.15. The minimum atomic E-state index is -0.626. The molecule has 1 N–H and O–H groups in total. The van der Waals surface area contributed by atoms with Gasteiger partial charge < -0.3 is 9.84 Å². The topological polar surface area (TPSA) is 81.4 Å². The maximum Gasteiger partial charge on any atom is 0.339 e. The highest BCUT2D eigenvalue weighted by atomic mass is 16.5. The number of carbonyl (C=O) groups excluding carboxylic acids is 1. The van der Waals surface area contributed by atoms with Crippen molar-refractivity contribution >= 4 is 22.6 Å². The van der Waals surface area contributed by atoms with E-state index in [0.717, 1.165) is 0 Å². The molecule has 6 heteroatoms. The van der Waals surface area contributed by atoms with Gasteiger partial charge in [0.2, 0.25) is 0 Å². The number of esters is 1. The lowest BCUT2D eigenvalue weighted by atomic mass is 10.2. The molecule has 0 spiro atoms. The Kier molecular flexibility index (Phi) is 2.78. The average Bonchev–Trinajstić information content (AvgIpc) is 2.78. The molecule has 0 bridgehead atoms. The molecular formula is C14H12N2O4. The summed E-state index contributed by atoms with van der Waals surface area (Å²) >= 11 is 0. The predicted molar refractivity (Wildman–Crippen MR) is 72.2 cm³/mol. The van der Waals surface area contributed by atoms with E-state index < -0.39 is 5.97 Å². The zero-order chi connectivity index (χ0) is 14.3. The Labute approximate surface area is 113 Å². The van der Waals surface area contributed by atoms with Crippen molar-refractivity contribution in [2.75, 3.05) is 6.61 Å². The summed E-state index contributed by atoms with van der Waals surface area (Å²) in [5.41, 5.74) is 0.267. The summed E-state index contributed by atoms with van der Waals surface area (Å²) in [5.74, 6) is -0.804. The molecular weight excluding hydrogens is 260 g/mol. The number of rotatable bonds is 2. The Hall–Kier alpha value is -2.63. The third kappa shape index (κ3) is 1.69. The van der Waals surface area contributed by atoms with Gasteiger partial charge in [0.15, 0.2) is 11.6 Å². The van der Waals surface area contributed by atoms with E-state index >= 15 is 0 Å². The molecule has 3 rings (SSSR count). The molecule has 6 nitrogen and oxygen atoms in total. The van der Waals surface area contributed by atoms with Crippen molar-refractivity contribution < 1.29 is 14.6 Å². The van der Waals surface area contributed by atoms with E-state index in [2.05, 4.69) is 4.98 Å². The van der Waals surface area contributed by atoms with Crippen molar-refractivity contribution in [3.8, 4) is 0 Å². The van der Waals surface area contributed by atoms with Crippen LogP contribution in [0.15, 0.2) is 34.6 Å². The van der Waals surface area contributed by atoms with Gasteiger partial charge in [-0.2, -0.15) is 0 Å². The van der Waals surface area contributed by atoms with Gasteiger partial charge in [0.05, 0.1) is 24.1 Å². The molecule has 0 atom stereocenters. The van der Waals surface area contributed by atoms with Crippen LogP contribution in [0.3, 0.4) is 0 Å². The highest BCUT2D eigenvalue weighted by Gasteiger charge is 2.29. The SMILES string of the molecule is CCOC(=O)C1=C(O)c2nc3ccccc3c(=O)n2C1. The van der Waals surface area contributed by atoms with Gasteiger partial charge in [-0.3, -0.25) is 9.36 Å². The molecule has 0 saturated heterocycles. The average molecular weight is 272 g/mol. The quantitative estimate of drug-likeness (QED) is 0.832. The number of fused-ring (bicyclic) bond motifs is 2. The first-order valence-electron chi connectivity index (χ1n) is 6.22. The second-order valence-electron chi connectivity index (χ2n) is 4.39. The Balaban J connectivity index is 2.19. The molecule has 1 aromatic heterocycles. The van der Waals surface area contributed by atoms with Crippen LogP contribution >= 0.6 is 0 Å². The highest BCUT2D eigenvalue weighted by Crippen LogP contribution is 2.24. The van der Waals surface area contributed by atoms with Crippen LogP contribution in [0.5, 0.6) is 0 Å². The maximum atomic E-state index is 12.3. The summed E-state index contributed by atoms with van der Waals surface area (Å²) in [4.78, 5) is 28.3. The molecule has 0 aliphatic carbocycles. The maximum absolute atomic E-state index is 12.3. The van der Waals surface area contributed by atoms with Gasteiger partial charge >= 0.3 is 5.97 Å². The first-order chi connectivity index (χ1) is 9.63. The molecule has 1 aliphatic rings. The number of hydrogen-bond donors (Lipinski definition) is 1. The van der Waals surface area contributed by atoms with E-state index in [1.165, 1.54) is 4.57 Å². The number of para-hydroxylation sites is 1. The van der Waals surface area contributed by atoms with Crippen molar-refractivity contribution in [1.82, 2.24) is 9.55 Å². The standard InChI is InChI=1S/C14H12N2O4/c1-2-20-14(19)9-7-16-12(11(9)17)15-10-6-4-3-5-8(10)13(16)18/h3-6,17H,2,7H2,1H3. The summed E-state index contributed by atoms with van der Waals surface area (Å²) in [6, 6.07) is 6.85. The van der Waals surface area contributed by atoms with Crippen LogP contribution in [-0.2, 0) is 16.1 Å². The van der Waals surface area contributed by atoms with Crippen LogP contribution < -0.4 is 5.56 Å². The Morgan fingerprint density at radius 1 is 1.45 bits per heavy atom. The summed E-state index contributed by atoms with van der Waals surface area (Å²) in [6.45, 7) is 1.86. The fourth-order valence-electron chi connectivity index (χ4n) is 2.24. The van der Waals surface area contributed by atoms with Crippen molar-refractivity contribution in [2.24, 2.45) is 0 Å². The molecule has 0 amide bonds. The molecule has 102 valence electrons. The Bertz CT molecular complexity index is 804. The number of nitrogens with zero attached hydrogens (tertiary/aromatic N) is 2. The van der Waals surface area contributed by atoms with Gasteiger partial charge in [-0.25, -0.2) is 9.78 Å². The van der Waals surface area contributed by atoms with Gasteiger partial charge in [-0.05, 0) is 19.1 Å². The van der Waals surface area contributed by atoms with Gasteiger partial charge in [0, 0.05) is 0 Å². The lowest BCUT2D eigenvalue weighted by Gasteiger charge is -2.04. The minimum absolute atomic E-state index is 0.0172. The van der Waals surface area contributed by atoms with E-state index in [0.29, 0.717) is 10.9 Å². The summed E-state index contributed by atoms with van der Waals surface area (Å²) in [7, 11) is 0. The largest absolute Gasteiger partial charge is 0.504 e. The number of benzene rings is 1. The second-order valence-corrected chi connectivity index (χ2v) is 4.39. The second kappa shape index (κ2) is 4.48. The molecule has 0 fully saturated rings. The molecule has 1 aromatic carbocycles. The molecule has 2 heterocycles. The molecule has 1 aliphatic heterocycles. The normalized spacial score (nSPS) is 13.7. The van der Waals surface area contributed by atoms with E-state index in [-0.39, 0.29) is 35.9 Å². The predicted octanol–water partition coefficient (Wildman–Crippen LogP) is 1.24. The van der Waals surface area contributed by atoms with Gasteiger partial charge in [-0.1, -0.05) is 12.1 Å². The lowest BCUT2D eigenvalue weighted by Crippen LogP contribution is -2.22. The van der Waals surface area contributed by atoms with Gasteiger partial charge in [0.25, 0.3) is 5.56 Å². The van der Waals surface area contributed by atoms with Crippen molar-refractivity contribution in [3.05, 3.63) is 46.0 Å². The molecule has 0 unspecified atom stereocenters. The summed E-state index contributed by atoms with van der Waals surface area (Å²) in [6.07, 6.45) is 0. The number of hydrogen-bond acceptors (Lipinski definition) is 5. The van der Waals surface area contributed by atoms with E-state index in [4.69, 9.17) is 4.74 Å². The minimum Gasteiger partial charge on any atom is -0.504 e. The lowest BCUT2D eigenvalue weighted by molar-refractivity contribution is -0.138. The van der Waals surface area contributed by atoms with Gasteiger partial charge in [-0.15, -0.1) is 0 Å². The number of ether oxygens (including phenoxy) is 1. The van der Waals surface area contributed by atoms with Crippen LogP contribution in [0.25, 0.3) is 16.7 Å². The fraction of sp³-hybridized carbons (Fsp3) is 0.214. The van der Waals surface area contributed by atoms with Crippen molar-refractivity contribution in [1.29, 1.82) is 0 Å². The number of aliphatic hydroxyl groups excluding tert-OH is 1. The van der Waals surface area contributed by atoms with E-state index in [1.807, 2.05) is 0 Å². The van der Waals surface area contributed by atoms with Crippen LogP contribution in [0.4, 0.5) is 0 Å². The fourth-order valence-corrected chi connectivity index (χ4v) is 2.24. The summed E-state index contributed by atoms with van der Waals surface area (Å²) in [5, 5.41) is 10.5. The first kappa shape index (κ1) is 12.4. The number of carbonyl (C=O) groups is 1. The Morgan fingerprint density at radius 3 is 2.95 bits per heavy atom. The molecule has 2 aromatic rings. The smallest absolute Gasteiger partial charge is 0.339 e. The molecule has 0 saturated carbocycles. The zero-order valence-corrected chi connectivity index (χ0v) is 10.8. The van der Waals surface area contributed by atoms with E-state index in [1.54, 1.807) is 31.2 Å². The Morgan fingerprint density at radius 2 is 2.20 bits per heavy atom. The van der Waals surface area contributed by atoms with Crippen LogP contribution in [0.1, 0.15) is 12.7 Å². The van der Waals surface area contributed by atoms with Crippen LogP contribution in [-0.4, -0.2) is 27.2 Å². The van der Waals surface area contributed by atoms with E-state index in [9.17, 15) is 14.7 Å². The van der Waals surface area contributed by atoms with Crippen molar-refractivity contribution in [2.45, 2.75) is 13.5 Å². The molecule has 20 heavy (non-hydrogen) atoms. The number of aliphatic hydroxyl groups is 1. The third-order valence-electron chi connectivity index (χ3n) is 3.20. The zero-order valence-electron chi connectivity index (χ0n) is 10.8. The first-order valence-corrected chi connectivity index (χ1v) is 6.22. The van der Waals surface area contributed by atoms with Gasteiger partial charge in [0.1, 0.15) is 5.57 Å². The van der Waals surface area contributed by atoms with Crippen molar-refractivity contribution in [3.63, 3.8) is 0 Å². The number of aromatic nitrogens is 2. The van der Waals surface area contributed by atoms with Crippen LogP contribution in [0, 0.1) is 0 Å².